The van der Waals surface area contributed by atoms with Crippen LogP contribution in [0.3, 0.4) is 0 Å². The van der Waals surface area contributed by atoms with Gasteiger partial charge in [-0.25, -0.2) is 0 Å². The van der Waals surface area contributed by atoms with Crippen molar-refractivity contribution in [1.29, 1.82) is 0 Å². The molecule has 126 valence electrons. The molecule has 0 aromatic carbocycles. The Labute approximate surface area is 127 Å². The number of alkyl halides is 3. The van der Waals surface area contributed by atoms with Crippen LogP contribution in [0, 0.1) is 23.7 Å². The number of rotatable bonds is 2. The summed E-state index contributed by atoms with van der Waals surface area (Å²) in [5.41, 5.74) is 0. The van der Waals surface area contributed by atoms with Crippen molar-refractivity contribution in [3.63, 3.8) is 0 Å². The number of amides is 1. The van der Waals surface area contributed by atoms with E-state index in [1.54, 1.807) is 11.8 Å². The topological polar surface area (TPSA) is 57.6 Å². The highest BCUT2D eigenvalue weighted by Gasteiger charge is 2.45. The third kappa shape index (κ3) is 3.73. The second-order valence-corrected chi connectivity index (χ2v) is 6.60. The Kier molecular flexibility index (Phi) is 5.02. The van der Waals surface area contributed by atoms with Crippen molar-refractivity contribution in [1.82, 2.24) is 4.90 Å². The lowest BCUT2D eigenvalue weighted by Crippen LogP contribution is -2.48. The maximum absolute atomic E-state index is 12.8. The maximum atomic E-state index is 12.8. The highest BCUT2D eigenvalue weighted by atomic mass is 19.4. The fourth-order valence-electron chi connectivity index (χ4n) is 3.68. The molecule has 2 aliphatic rings. The molecule has 2 fully saturated rings. The summed E-state index contributed by atoms with van der Waals surface area (Å²) < 4.78 is 38.5. The summed E-state index contributed by atoms with van der Waals surface area (Å²) >= 11 is 0. The fraction of sp³-hybridized carbons (Fsp3) is 0.867. The minimum atomic E-state index is -4.23. The van der Waals surface area contributed by atoms with Gasteiger partial charge >= 0.3 is 12.1 Å². The summed E-state index contributed by atoms with van der Waals surface area (Å²) in [7, 11) is 0. The maximum Gasteiger partial charge on any atom is 0.391 e. The normalized spacial score (nSPS) is 33.5. The van der Waals surface area contributed by atoms with Crippen molar-refractivity contribution in [2.45, 2.75) is 45.2 Å². The Morgan fingerprint density at radius 3 is 2.41 bits per heavy atom. The van der Waals surface area contributed by atoms with Gasteiger partial charge in [0.15, 0.2) is 0 Å². The van der Waals surface area contributed by atoms with Crippen molar-refractivity contribution in [2.24, 2.45) is 23.7 Å². The number of likely N-dealkylation sites (tertiary alicyclic amines) is 1. The number of aliphatic carboxylic acids is 1. The number of carbonyl (C=O) groups excluding carboxylic acids is 1. The number of hydrogen-bond donors (Lipinski definition) is 1. The van der Waals surface area contributed by atoms with Crippen LogP contribution in [-0.2, 0) is 9.59 Å². The van der Waals surface area contributed by atoms with E-state index in [9.17, 15) is 22.8 Å². The zero-order chi connectivity index (χ0) is 16.5. The summed E-state index contributed by atoms with van der Waals surface area (Å²) in [5.74, 6) is -3.70. The molecule has 7 heteroatoms. The summed E-state index contributed by atoms with van der Waals surface area (Å²) in [5, 5.41) is 9.08. The molecule has 1 saturated heterocycles. The van der Waals surface area contributed by atoms with Gasteiger partial charge in [0.25, 0.3) is 0 Å². The van der Waals surface area contributed by atoms with Gasteiger partial charge < -0.3 is 10.0 Å². The van der Waals surface area contributed by atoms with E-state index in [-0.39, 0.29) is 24.7 Å². The minimum Gasteiger partial charge on any atom is -0.481 e. The van der Waals surface area contributed by atoms with Gasteiger partial charge in [0, 0.05) is 19.0 Å². The number of piperidine rings is 1. The molecule has 1 aliphatic heterocycles. The average molecular weight is 321 g/mol. The Morgan fingerprint density at radius 1 is 1.18 bits per heavy atom. The highest BCUT2D eigenvalue weighted by Crippen LogP contribution is 2.40. The SMILES string of the molecule is CC1CN(C(=O)C2CCCC(C(F)(F)F)C2)CCC1C(=O)O. The summed E-state index contributed by atoms with van der Waals surface area (Å²) in [6.45, 7) is 2.42. The first-order chi connectivity index (χ1) is 10.2. The van der Waals surface area contributed by atoms with Crippen molar-refractivity contribution in [2.75, 3.05) is 13.1 Å². The zero-order valence-electron chi connectivity index (χ0n) is 12.6. The lowest BCUT2D eigenvalue weighted by atomic mass is 9.79. The van der Waals surface area contributed by atoms with Crippen LogP contribution >= 0.6 is 0 Å². The largest absolute Gasteiger partial charge is 0.481 e. The molecule has 1 N–H and O–H groups in total. The first-order valence-electron chi connectivity index (χ1n) is 7.78. The van der Waals surface area contributed by atoms with Gasteiger partial charge in [-0.3, -0.25) is 9.59 Å². The van der Waals surface area contributed by atoms with Crippen LogP contribution in [0.5, 0.6) is 0 Å². The third-order valence-electron chi connectivity index (χ3n) is 5.02. The molecule has 0 bridgehead atoms. The molecule has 0 spiro atoms. The van der Waals surface area contributed by atoms with E-state index in [1.165, 1.54) is 0 Å². The molecule has 4 unspecified atom stereocenters. The molecular formula is C15H22F3NO3. The molecule has 22 heavy (non-hydrogen) atoms. The predicted octanol–water partition coefficient (Wildman–Crippen LogP) is 2.92. The van der Waals surface area contributed by atoms with Crippen LogP contribution in [0.15, 0.2) is 0 Å². The fourth-order valence-corrected chi connectivity index (χ4v) is 3.68. The van der Waals surface area contributed by atoms with Crippen molar-refractivity contribution >= 4 is 11.9 Å². The minimum absolute atomic E-state index is 0.102. The van der Waals surface area contributed by atoms with Crippen LogP contribution in [0.4, 0.5) is 13.2 Å². The molecule has 1 saturated carbocycles. The molecule has 1 heterocycles. The Bertz CT molecular complexity index is 438. The smallest absolute Gasteiger partial charge is 0.391 e. The van der Waals surface area contributed by atoms with Gasteiger partial charge in [-0.15, -0.1) is 0 Å². The highest BCUT2D eigenvalue weighted by molar-refractivity contribution is 5.79. The monoisotopic (exact) mass is 321 g/mol. The number of hydrogen-bond acceptors (Lipinski definition) is 2. The van der Waals surface area contributed by atoms with Gasteiger partial charge in [0.05, 0.1) is 11.8 Å². The number of nitrogens with zero attached hydrogens (tertiary/aromatic N) is 1. The third-order valence-corrected chi connectivity index (χ3v) is 5.02. The second-order valence-electron chi connectivity index (χ2n) is 6.60. The molecule has 2 rings (SSSR count). The van der Waals surface area contributed by atoms with Gasteiger partial charge in [0.2, 0.25) is 5.91 Å². The molecule has 1 amide bonds. The number of halogens is 3. The van der Waals surface area contributed by atoms with Crippen LogP contribution in [0.2, 0.25) is 0 Å². The molecule has 1 aliphatic carbocycles. The Morgan fingerprint density at radius 2 is 1.86 bits per heavy atom. The number of carbonyl (C=O) groups is 2. The summed E-state index contributed by atoms with van der Waals surface area (Å²) in [6.07, 6.45) is -2.97. The standard InChI is InChI=1S/C15H22F3NO3/c1-9-8-19(6-5-12(9)14(21)22)13(20)10-3-2-4-11(7-10)15(16,17)18/h9-12H,2-8H2,1H3,(H,21,22). The lowest BCUT2D eigenvalue weighted by Gasteiger charge is -2.38. The molecule has 4 nitrogen and oxygen atoms in total. The van der Waals surface area contributed by atoms with E-state index < -0.39 is 29.9 Å². The van der Waals surface area contributed by atoms with Crippen molar-refractivity contribution in [3.05, 3.63) is 0 Å². The summed E-state index contributed by atoms with van der Waals surface area (Å²) in [6, 6.07) is 0. The molecule has 0 aromatic rings. The van der Waals surface area contributed by atoms with E-state index in [4.69, 9.17) is 5.11 Å². The first kappa shape index (κ1) is 17.1. The Balaban J connectivity index is 1.96. The molecular weight excluding hydrogens is 299 g/mol. The average Bonchev–Trinajstić information content (AvgIpc) is 2.45. The van der Waals surface area contributed by atoms with Gasteiger partial charge in [0.1, 0.15) is 0 Å². The van der Waals surface area contributed by atoms with Gasteiger partial charge in [-0.05, 0) is 31.6 Å². The van der Waals surface area contributed by atoms with E-state index in [2.05, 4.69) is 0 Å². The first-order valence-corrected chi connectivity index (χ1v) is 7.78. The van der Waals surface area contributed by atoms with Crippen molar-refractivity contribution < 1.29 is 27.9 Å². The van der Waals surface area contributed by atoms with Crippen LogP contribution in [0.1, 0.15) is 39.0 Å². The van der Waals surface area contributed by atoms with Crippen LogP contribution in [-0.4, -0.2) is 41.1 Å². The van der Waals surface area contributed by atoms with Gasteiger partial charge in [-0.2, -0.15) is 13.2 Å². The quantitative estimate of drug-likeness (QED) is 0.851. The summed E-state index contributed by atoms with van der Waals surface area (Å²) in [4.78, 5) is 25.1. The molecule has 0 aromatic heterocycles. The zero-order valence-corrected chi connectivity index (χ0v) is 12.6. The number of carboxylic acids is 1. The second kappa shape index (κ2) is 6.46. The van der Waals surface area contributed by atoms with Gasteiger partial charge in [-0.1, -0.05) is 13.3 Å². The molecule has 0 radical (unpaired) electrons. The van der Waals surface area contributed by atoms with E-state index in [1.807, 2.05) is 0 Å². The molecule has 4 atom stereocenters. The van der Waals surface area contributed by atoms with Crippen LogP contribution in [0.25, 0.3) is 0 Å². The predicted molar refractivity (Wildman–Crippen MR) is 73.0 cm³/mol. The number of carboxylic acid groups (broad SMARTS) is 1. The van der Waals surface area contributed by atoms with E-state index >= 15 is 0 Å². The lowest BCUT2D eigenvalue weighted by molar-refractivity contribution is -0.187. The van der Waals surface area contributed by atoms with Crippen LogP contribution < -0.4 is 0 Å². The van der Waals surface area contributed by atoms with E-state index in [0.717, 1.165) is 0 Å². The Hall–Kier alpha value is -1.27. The van der Waals surface area contributed by atoms with E-state index in [0.29, 0.717) is 32.4 Å². The van der Waals surface area contributed by atoms with Crippen molar-refractivity contribution in [3.8, 4) is 0 Å².